The molecule has 0 bridgehead atoms. The molecule has 1 amide bonds. The first-order valence-electron chi connectivity index (χ1n) is 11.4. The number of hydrogen-bond donors (Lipinski definition) is 1. The predicted molar refractivity (Wildman–Crippen MR) is 143 cm³/mol. The van der Waals surface area contributed by atoms with Gasteiger partial charge in [0.1, 0.15) is 5.60 Å². The Morgan fingerprint density at radius 3 is 2.59 bits per heavy atom. The highest BCUT2D eigenvalue weighted by Crippen LogP contribution is 2.38. The van der Waals surface area contributed by atoms with Crippen LogP contribution in [-0.2, 0) is 11.3 Å². The van der Waals surface area contributed by atoms with Crippen molar-refractivity contribution in [1.82, 2.24) is 10.3 Å². The first kappa shape index (κ1) is 25.3. The zero-order valence-electron chi connectivity index (χ0n) is 20.1. The van der Waals surface area contributed by atoms with Gasteiger partial charge in [-0.1, -0.05) is 48.6 Å². The number of thiazole rings is 1. The summed E-state index contributed by atoms with van der Waals surface area (Å²) in [6, 6.07) is 7.19. The molecule has 3 rings (SSSR count). The van der Waals surface area contributed by atoms with E-state index in [4.69, 9.17) is 4.74 Å². The van der Waals surface area contributed by atoms with Crippen molar-refractivity contribution in [3.05, 3.63) is 35.0 Å². The minimum Gasteiger partial charge on any atom is -0.444 e. The van der Waals surface area contributed by atoms with Crippen LogP contribution in [0.4, 0.5) is 10.5 Å². The molecular formula is C25H36IN3O2S. The third-order valence-electron chi connectivity index (χ3n) is 5.78. The lowest BCUT2D eigenvalue weighted by atomic mass is 9.96. The van der Waals surface area contributed by atoms with E-state index in [1.54, 1.807) is 11.3 Å². The quantitative estimate of drug-likeness (QED) is 0.266. The summed E-state index contributed by atoms with van der Waals surface area (Å²) in [7, 11) is 0. The fraction of sp³-hybridized carbons (Fsp3) is 0.600. The molecule has 0 spiro atoms. The van der Waals surface area contributed by atoms with E-state index in [9.17, 15) is 4.79 Å². The predicted octanol–water partition coefficient (Wildman–Crippen LogP) is 6.82. The standard InChI is InChI=1S/C25H36IN3O2S/c1-16(2)20(12-26)14-29(21-9-10-21)22-11-18(23-17(3)28-15-32-23)7-8-19(22)13-27-24(30)31-25(4,5)6/h7-8,11,15-16,20-21H,9-10,12-14H2,1-6H3,(H,27,30). The van der Waals surface area contributed by atoms with Crippen LogP contribution in [-0.4, -0.2) is 33.7 Å². The van der Waals surface area contributed by atoms with Gasteiger partial charge in [-0.3, -0.25) is 0 Å². The molecule has 1 heterocycles. The third kappa shape index (κ3) is 6.83. The molecule has 0 aliphatic heterocycles. The Balaban J connectivity index is 1.93. The Bertz CT molecular complexity index is 918. The average molecular weight is 570 g/mol. The van der Waals surface area contributed by atoms with E-state index in [1.807, 2.05) is 26.3 Å². The Kier molecular flexibility index (Phi) is 8.47. The molecule has 0 saturated heterocycles. The third-order valence-corrected chi connectivity index (χ3v) is 7.89. The van der Waals surface area contributed by atoms with E-state index < -0.39 is 5.60 Å². The van der Waals surface area contributed by atoms with E-state index in [1.165, 1.54) is 29.0 Å². The number of nitrogens with one attached hydrogen (secondary N) is 1. The van der Waals surface area contributed by atoms with Gasteiger partial charge in [0.2, 0.25) is 0 Å². The smallest absolute Gasteiger partial charge is 0.407 e. The lowest BCUT2D eigenvalue weighted by Crippen LogP contribution is -2.36. The first-order valence-corrected chi connectivity index (χ1v) is 13.8. The molecule has 1 aromatic carbocycles. The van der Waals surface area contributed by atoms with Crippen LogP contribution < -0.4 is 10.2 Å². The van der Waals surface area contributed by atoms with Gasteiger partial charge in [0, 0.05) is 29.2 Å². The lowest BCUT2D eigenvalue weighted by Gasteiger charge is -2.33. The van der Waals surface area contributed by atoms with Gasteiger partial charge in [-0.2, -0.15) is 0 Å². The van der Waals surface area contributed by atoms with Crippen molar-refractivity contribution >= 4 is 45.7 Å². The van der Waals surface area contributed by atoms with Gasteiger partial charge in [0.05, 0.1) is 16.1 Å². The van der Waals surface area contributed by atoms with Crippen molar-refractivity contribution in [3.63, 3.8) is 0 Å². The zero-order valence-corrected chi connectivity index (χ0v) is 23.0. The number of amides is 1. The molecule has 0 radical (unpaired) electrons. The van der Waals surface area contributed by atoms with Crippen LogP contribution in [0.1, 0.15) is 58.7 Å². The fourth-order valence-corrected chi connectivity index (χ4v) is 5.80. The fourth-order valence-electron chi connectivity index (χ4n) is 3.70. The number of alkyl halides is 1. The van der Waals surface area contributed by atoms with Gasteiger partial charge in [-0.05, 0) is 69.6 Å². The van der Waals surface area contributed by atoms with E-state index >= 15 is 0 Å². The maximum absolute atomic E-state index is 12.3. The summed E-state index contributed by atoms with van der Waals surface area (Å²) in [5.74, 6) is 1.25. The van der Waals surface area contributed by atoms with E-state index in [2.05, 4.69) is 76.8 Å². The number of carbonyl (C=O) groups is 1. The van der Waals surface area contributed by atoms with Crippen molar-refractivity contribution in [2.45, 2.75) is 72.6 Å². The Hall–Kier alpha value is -1.35. The van der Waals surface area contributed by atoms with Gasteiger partial charge < -0.3 is 15.0 Å². The van der Waals surface area contributed by atoms with Crippen molar-refractivity contribution in [3.8, 4) is 10.4 Å². The Morgan fingerprint density at radius 1 is 1.34 bits per heavy atom. The summed E-state index contributed by atoms with van der Waals surface area (Å²) in [6.45, 7) is 13.8. The van der Waals surface area contributed by atoms with E-state index in [0.717, 1.165) is 22.2 Å². The molecule has 5 nitrogen and oxygen atoms in total. The maximum atomic E-state index is 12.3. The van der Waals surface area contributed by atoms with Crippen LogP contribution in [0.15, 0.2) is 23.7 Å². The van der Waals surface area contributed by atoms with Crippen molar-refractivity contribution in [1.29, 1.82) is 0 Å². The van der Waals surface area contributed by atoms with Crippen LogP contribution in [0.5, 0.6) is 0 Å². The number of hydrogen-bond acceptors (Lipinski definition) is 5. The number of nitrogens with zero attached hydrogens (tertiary/aromatic N) is 2. The molecule has 1 saturated carbocycles. The molecule has 1 atom stereocenters. The maximum Gasteiger partial charge on any atom is 0.407 e. The second kappa shape index (κ2) is 10.7. The molecule has 1 N–H and O–H groups in total. The number of benzene rings is 1. The molecule has 176 valence electrons. The van der Waals surface area contributed by atoms with Gasteiger partial charge in [0.15, 0.2) is 0 Å². The molecule has 1 aliphatic rings. The highest BCUT2D eigenvalue weighted by Gasteiger charge is 2.33. The number of carbonyl (C=O) groups excluding carboxylic acids is 1. The monoisotopic (exact) mass is 569 g/mol. The summed E-state index contributed by atoms with van der Waals surface area (Å²) in [6.07, 6.45) is 2.08. The second-order valence-electron chi connectivity index (χ2n) is 10.0. The highest BCUT2D eigenvalue weighted by molar-refractivity contribution is 14.1. The van der Waals surface area contributed by atoms with Gasteiger partial charge in [-0.15, -0.1) is 11.3 Å². The second-order valence-corrected chi connectivity index (χ2v) is 11.7. The average Bonchev–Trinajstić information content (AvgIpc) is 3.46. The largest absolute Gasteiger partial charge is 0.444 e. The summed E-state index contributed by atoms with van der Waals surface area (Å²) in [5.41, 5.74) is 6.01. The van der Waals surface area contributed by atoms with Gasteiger partial charge in [-0.25, -0.2) is 9.78 Å². The van der Waals surface area contributed by atoms with E-state index in [0.29, 0.717) is 24.4 Å². The number of alkyl carbamates (subject to hydrolysis) is 1. The minimum absolute atomic E-state index is 0.379. The van der Waals surface area contributed by atoms with Gasteiger partial charge in [0.25, 0.3) is 0 Å². The van der Waals surface area contributed by atoms with Crippen molar-refractivity contribution < 1.29 is 9.53 Å². The SMILES string of the molecule is Cc1ncsc1-c1ccc(CNC(=O)OC(C)(C)C)c(N(CC(CI)C(C)C)C2CC2)c1. The van der Waals surface area contributed by atoms with Gasteiger partial charge >= 0.3 is 6.09 Å². The number of halogens is 1. The van der Waals surface area contributed by atoms with Crippen LogP contribution in [0.3, 0.4) is 0 Å². The Labute approximate surface area is 210 Å². The first-order chi connectivity index (χ1) is 15.1. The van der Waals surface area contributed by atoms with Crippen molar-refractivity contribution in [2.75, 3.05) is 15.9 Å². The molecular weight excluding hydrogens is 533 g/mol. The number of rotatable bonds is 9. The van der Waals surface area contributed by atoms with Crippen LogP contribution in [0.2, 0.25) is 0 Å². The molecule has 1 aromatic heterocycles. The summed E-state index contributed by atoms with van der Waals surface area (Å²) < 4.78 is 6.60. The summed E-state index contributed by atoms with van der Waals surface area (Å²) in [5, 5.41) is 2.97. The molecule has 7 heteroatoms. The normalized spacial score (nSPS) is 15.0. The summed E-state index contributed by atoms with van der Waals surface area (Å²) >= 11 is 4.20. The van der Waals surface area contributed by atoms with Crippen LogP contribution in [0, 0.1) is 18.8 Å². The molecule has 1 unspecified atom stereocenters. The zero-order chi connectivity index (χ0) is 23.5. The Morgan fingerprint density at radius 2 is 2.06 bits per heavy atom. The molecule has 1 aliphatic carbocycles. The molecule has 2 aromatic rings. The van der Waals surface area contributed by atoms with Crippen LogP contribution >= 0.6 is 33.9 Å². The molecule has 1 fully saturated rings. The lowest BCUT2D eigenvalue weighted by molar-refractivity contribution is 0.0523. The summed E-state index contributed by atoms with van der Waals surface area (Å²) in [4.78, 5) is 20.6. The topological polar surface area (TPSA) is 54.5 Å². The number of aryl methyl sites for hydroxylation is 1. The van der Waals surface area contributed by atoms with E-state index in [-0.39, 0.29) is 6.09 Å². The van der Waals surface area contributed by atoms with Crippen molar-refractivity contribution in [2.24, 2.45) is 11.8 Å². The number of ether oxygens (including phenoxy) is 1. The van der Waals surface area contributed by atoms with Crippen LogP contribution in [0.25, 0.3) is 10.4 Å². The number of aromatic nitrogens is 1. The molecule has 32 heavy (non-hydrogen) atoms. The highest BCUT2D eigenvalue weighted by atomic mass is 127. The number of anilines is 1. The minimum atomic E-state index is -0.509.